The highest BCUT2D eigenvalue weighted by molar-refractivity contribution is 5.69. The molecule has 30 heavy (non-hydrogen) atoms. The first-order chi connectivity index (χ1) is 14.5. The van der Waals surface area contributed by atoms with Gasteiger partial charge in [0.05, 0.1) is 29.0 Å². The smallest absolute Gasteiger partial charge is 0.151 e. The first-order valence-electron chi connectivity index (χ1n) is 10.5. The number of phenolic OH excluding ortho intramolecular Hbond substituents is 1. The highest BCUT2D eigenvalue weighted by Gasteiger charge is 2.35. The summed E-state index contributed by atoms with van der Waals surface area (Å²) in [6.45, 7) is 1.89. The molecule has 3 atom stereocenters. The van der Waals surface area contributed by atoms with Crippen molar-refractivity contribution in [2.24, 2.45) is 0 Å². The van der Waals surface area contributed by atoms with Crippen molar-refractivity contribution in [1.29, 1.82) is 0 Å². The van der Waals surface area contributed by atoms with Crippen LogP contribution in [-0.4, -0.2) is 50.3 Å². The van der Waals surface area contributed by atoms with E-state index in [2.05, 4.69) is 32.6 Å². The molecule has 4 heterocycles. The molecule has 5 rings (SSSR count). The van der Waals surface area contributed by atoms with Crippen molar-refractivity contribution in [3.05, 3.63) is 42.2 Å². The van der Waals surface area contributed by atoms with E-state index in [0.29, 0.717) is 35.1 Å². The Bertz CT molecular complexity index is 1050. The lowest BCUT2D eigenvalue weighted by molar-refractivity contribution is 0.353. The third kappa shape index (κ3) is 3.27. The van der Waals surface area contributed by atoms with Gasteiger partial charge in [-0.05, 0) is 56.9 Å². The summed E-state index contributed by atoms with van der Waals surface area (Å²) < 4.78 is 1.70. The van der Waals surface area contributed by atoms with E-state index in [9.17, 15) is 5.11 Å². The fraction of sp³-hybridized carbons (Fsp3) is 0.409. The maximum absolute atomic E-state index is 10.6. The van der Waals surface area contributed by atoms with Crippen LogP contribution in [0.5, 0.6) is 5.75 Å². The van der Waals surface area contributed by atoms with Gasteiger partial charge in [0, 0.05) is 36.8 Å². The number of hydrogen-bond donors (Lipinski definition) is 3. The van der Waals surface area contributed by atoms with E-state index < -0.39 is 0 Å². The van der Waals surface area contributed by atoms with E-state index in [1.165, 1.54) is 12.8 Å². The molecule has 0 radical (unpaired) electrons. The molecule has 0 saturated carbocycles. The summed E-state index contributed by atoms with van der Waals surface area (Å²) in [5.74, 6) is 0.995. The van der Waals surface area contributed by atoms with Crippen LogP contribution in [0.25, 0.3) is 16.9 Å². The zero-order valence-corrected chi connectivity index (χ0v) is 17.3. The van der Waals surface area contributed by atoms with E-state index in [-0.39, 0.29) is 5.75 Å². The number of hydrogen-bond acceptors (Lipinski definition) is 7. The van der Waals surface area contributed by atoms with Crippen LogP contribution in [-0.2, 0) is 0 Å². The van der Waals surface area contributed by atoms with E-state index in [4.69, 9.17) is 5.73 Å². The second-order valence-electron chi connectivity index (χ2n) is 8.45. The molecule has 1 unspecified atom stereocenters. The molecular formula is C22H27N7O. The summed E-state index contributed by atoms with van der Waals surface area (Å²) in [5, 5.41) is 27.4. The number of nitrogens with two attached hydrogens (primary N) is 1. The number of rotatable bonds is 4. The fourth-order valence-corrected chi connectivity index (χ4v) is 4.74. The lowest BCUT2D eigenvalue weighted by atomic mass is 9.98. The van der Waals surface area contributed by atoms with Crippen LogP contribution in [0.4, 0.5) is 11.5 Å². The van der Waals surface area contributed by atoms with Crippen LogP contribution >= 0.6 is 0 Å². The van der Waals surface area contributed by atoms with Gasteiger partial charge in [-0.2, -0.15) is 5.10 Å². The molecule has 2 fully saturated rings. The minimum Gasteiger partial charge on any atom is -0.507 e. The first-order valence-corrected chi connectivity index (χ1v) is 10.5. The summed E-state index contributed by atoms with van der Waals surface area (Å²) in [5.41, 5.74) is 9.35. The Morgan fingerprint density at radius 3 is 2.50 bits per heavy atom. The standard InChI is InChI=1S/C22H27N7O/c1-13-19(23)12-24-29(13)16-5-6-18(21(30)11-16)20-7-8-22(27-26-20)28(2)17-9-14-3-4-15(10-17)25-14/h5-8,11-12,14-15,17,25,30H,3-4,9-10,23H2,1-2H3/t14-,15?,17-/m1/s1. The summed E-state index contributed by atoms with van der Waals surface area (Å²) in [6.07, 6.45) is 6.46. The third-order valence-electron chi connectivity index (χ3n) is 6.56. The molecule has 3 aromatic rings. The number of fused-ring (bicyclic) bond motifs is 2. The second kappa shape index (κ2) is 7.28. The molecule has 8 heteroatoms. The van der Waals surface area contributed by atoms with E-state index >= 15 is 0 Å². The molecule has 2 aliphatic heterocycles. The maximum atomic E-state index is 10.6. The van der Waals surface area contributed by atoms with Crippen LogP contribution < -0.4 is 16.0 Å². The van der Waals surface area contributed by atoms with Crippen LogP contribution in [0, 0.1) is 6.92 Å². The lowest BCUT2D eigenvalue weighted by Crippen LogP contribution is -2.47. The first kappa shape index (κ1) is 18.9. The normalized spacial score (nSPS) is 22.9. The highest BCUT2D eigenvalue weighted by atomic mass is 16.3. The van der Waals surface area contributed by atoms with E-state index in [1.807, 2.05) is 31.2 Å². The van der Waals surface area contributed by atoms with Crippen LogP contribution in [0.3, 0.4) is 0 Å². The predicted octanol–water partition coefficient (Wildman–Crippen LogP) is 2.64. The largest absolute Gasteiger partial charge is 0.507 e. The molecule has 2 bridgehead atoms. The number of anilines is 2. The zero-order valence-electron chi connectivity index (χ0n) is 17.3. The average molecular weight is 406 g/mol. The molecule has 8 nitrogen and oxygen atoms in total. The molecule has 2 aromatic heterocycles. The Morgan fingerprint density at radius 1 is 1.13 bits per heavy atom. The Labute approximate surface area is 175 Å². The van der Waals surface area contributed by atoms with Crippen molar-refractivity contribution in [2.75, 3.05) is 17.7 Å². The van der Waals surface area contributed by atoms with Gasteiger partial charge < -0.3 is 21.1 Å². The minimum atomic E-state index is 0.131. The van der Waals surface area contributed by atoms with Crippen molar-refractivity contribution < 1.29 is 5.11 Å². The number of nitrogens with one attached hydrogen (secondary N) is 1. The Morgan fingerprint density at radius 2 is 1.90 bits per heavy atom. The minimum absolute atomic E-state index is 0.131. The Hall–Kier alpha value is -3.13. The Kier molecular flexibility index (Phi) is 4.58. The van der Waals surface area contributed by atoms with Gasteiger partial charge in [0.1, 0.15) is 5.75 Å². The van der Waals surface area contributed by atoms with Crippen LogP contribution in [0.1, 0.15) is 31.4 Å². The van der Waals surface area contributed by atoms with Crippen molar-refractivity contribution in [1.82, 2.24) is 25.3 Å². The summed E-state index contributed by atoms with van der Waals surface area (Å²) in [6, 6.07) is 11.0. The maximum Gasteiger partial charge on any atom is 0.151 e. The topological polar surface area (TPSA) is 105 Å². The number of aromatic hydroxyl groups is 1. The number of nitrogen functional groups attached to an aromatic ring is 1. The average Bonchev–Trinajstić information content (AvgIpc) is 3.28. The summed E-state index contributed by atoms with van der Waals surface area (Å²) >= 11 is 0. The predicted molar refractivity (Wildman–Crippen MR) is 117 cm³/mol. The van der Waals surface area contributed by atoms with E-state index in [1.54, 1.807) is 16.9 Å². The number of piperidine rings is 1. The molecule has 2 aliphatic rings. The summed E-state index contributed by atoms with van der Waals surface area (Å²) in [4.78, 5) is 2.25. The van der Waals surface area contributed by atoms with Crippen LogP contribution in [0.15, 0.2) is 36.5 Å². The zero-order chi connectivity index (χ0) is 20.8. The number of benzene rings is 1. The quantitative estimate of drug-likeness (QED) is 0.613. The second-order valence-corrected chi connectivity index (χ2v) is 8.45. The van der Waals surface area contributed by atoms with Gasteiger partial charge in [0.25, 0.3) is 0 Å². The lowest BCUT2D eigenvalue weighted by Gasteiger charge is -2.36. The molecular weight excluding hydrogens is 378 g/mol. The van der Waals surface area contributed by atoms with Crippen LogP contribution in [0.2, 0.25) is 0 Å². The third-order valence-corrected chi connectivity index (χ3v) is 6.56. The SMILES string of the molecule is Cc1c(N)cnn1-c1ccc(-c2ccc(N(C)[C@H]3CC4CC[C@H](C3)N4)nn2)c(O)c1. The Balaban J connectivity index is 1.36. The van der Waals surface area contributed by atoms with Crippen molar-refractivity contribution in [3.63, 3.8) is 0 Å². The molecule has 4 N–H and O–H groups in total. The summed E-state index contributed by atoms with van der Waals surface area (Å²) in [7, 11) is 2.10. The number of nitrogens with zero attached hydrogens (tertiary/aromatic N) is 5. The van der Waals surface area contributed by atoms with Crippen molar-refractivity contribution in [3.8, 4) is 22.7 Å². The molecule has 156 valence electrons. The molecule has 2 saturated heterocycles. The van der Waals surface area contributed by atoms with Crippen molar-refractivity contribution in [2.45, 2.75) is 50.7 Å². The van der Waals surface area contributed by atoms with Gasteiger partial charge in [-0.1, -0.05) is 0 Å². The fourth-order valence-electron chi connectivity index (χ4n) is 4.74. The number of aromatic nitrogens is 4. The van der Waals surface area contributed by atoms with Gasteiger partial charge in [0.2, 0.25) is 0 Å². The van der Waals surface area contributed by atoms with Gasteiger partial charge in [-0.15, -0.1) is 10.2 Å². The highest BCUT2D eigenvalue weighted by Crippen LogP contribution is 2.33. The van der Waals surface area contributed by atoms with Gasteiger partial charge in [0.15, 0.2) is 5.82 Å². The van der Waals surface area contributed by atoms with Gasteiger partial charge in [-0.3, -0.25) is 0 Å². The van der Waals surface area contributed by atoms with Crippen molar-refractivity contribution >= 4 is 11.5 Å². The molecule has 1 aromatic carbocycles. The molecule has 0 aliphatic carbocycles. The molecule has 0 amide bonds. The van der Waals surface area contributed by atoms with Gasteiger partial charge >= 0.3 is 0 Å². The van der Waals surface area contributed by atoms with Gasteiger partial charge in [-0.25, -0.2) is 4.68 Å². The number of phenols is 1. The molecule has 0 spiro atoms. The van der Waals surface area contributed by atoms with E-state index in [0.717, 1.165) is 30.0 Å². The monoisotopic (exact) mass is 405 g/mol.